The maximum absolute atomic E-state index is 11.4. The molecule has 0 bridgehead atoms. The molecule has 0 aromatic heterocycles. The van der Waals surface area contributed by atoms with E-state index in [1.54, 1.807) is 13.2 Å². The van der Waals surface area contributed by atoms with E-state index in [1.807, 2.05) is 12.1 Å². The molecular formula is C14H17NO5S. The second-order valence-electron chi connectivity index (χ2n) is 4.97. The first-order valence-electron chi connectivity index (χ1n) is 6.68. The van der Waals surface area contributed by atoms with Crippen LogP contribution in [0.5, 0.6) is 17.2 Å². The molecule has 114 valence electrons. The Kier molecular flexibility index (Phi) is 3.77. The third-order valence-electron chi connectivity index (χ3n) is 3.39. The van der Waals surface area contributed by atoms with Crippen molar-refractivity contribution in [3.05, 3.63) is 29.2 Å². The quantitative estimate of drug-likeness (QED) is 0.889. The topological polar surface area (TPSA) is 73.9 Å². The van der Waals surface area contributed by atoms with Crippen LogP contribution in [-0.2, 0) is 16.4 Å². The van der Waals surface area contributed by atoms with Crippen molar-refractivity contribution >= 4 is 9.84 Å². The number of sulfone groups is 1. The number of nitrogens with one attached hydrogen (secondary N) is 1. The summed E-state index contributed by atoms with van der Waals surface area (Å²) in [5, 5.41) is 4.45. The summed E-state index contributed by atoms with van der Waals surface area (Å²) in [5.74, 6) is 2.01. The van der Waals surface area contributed by atoms with Gasteiger partial charge in [0.05, 0.1) is 12.9 Å². The summed E-state index contributed by atoms with van der Waals surface area (Å²) in [6.07, 6.45) is 1.67. The van der Waals surface area contributed by atoms with E-state index in [9.17, 15) is 8.42 Å². The van der Waals surface area contributed by atoms with Gasteiger partial charge < -0.3 is 19.5 Å². The molecule has 0 fully saturated rings. The molecule has 2 aliphatic rings. The maximum atomic E-state index is 11.4. The molecule has 1 unspecified atom stereocenters. The number of benzene rings is 1. The molecule has 7 heteroatoms. The molecule has 1 aromatic rings. The summed E-state index contributed by atoms with van der Waals surface area (Å²) < 4.78 is 39.2. The molecular weight excluding hydrogens is 294 g/mol. The van der Waals surface area contributed by atoms with Crippen LogP contribution in [0.3, 0.4) is 0 Å². The highest BCUT2D eigenvalue weighted by Crippen LogP contribution is 2.40. The molecule has 1 atom stereocenters. The zero-order valence-corrected chi connectivity index (χ0v) is 12.5. The predicted octanol–water partition coefficient (Wildman–Crippen LogP) is 0.867. The van der Waals surface area contributed by atoms with Crippen LogP contribution < -0.4 is 19.5 Å². The van der Waals surface area contributed by atoms with Gasteiger partial charge >= 0.3 is 0 Å². The van der Waals surface area contributed by atoms with Crippen molar-refractivity contribution < 1.29 is 22.6 Å². The fourth-order valence-electron chi connectivity index (χ4n) is 2.38. The SMILES string of the molecule is COc1cc(CNC2C=CS(=O)(=O)C2)cc2c1OCCO2. The predicted molar refractivity (Wildman–Crippen MR) is 77.5 cm³/mol. The van der Waals surface area contributed by atoms with Gasteiger partial charge in [-0.15, -0.1) is 0 Å². The smallest absolute Gasteiger partial charge is 0.203 e. The molecule has 0 saturated heterocycles. The number of methoxy groups -OCH3 is 1. The fourth-order valence-corrected chi connectivity index (χ4v) is 3.65. The van der Waals surface area contributed by atoms with Crippen molar-refractivity contribution in [2.24, 2.45) is 0 Å². The lowest BCUT2D eigenvalue weighted by Crippen LogP contribution is -2.29. The van der Waals surface area contributed by atoms with E-state index in [0.717, 1.165) is 5.56 Å². The average Bonchev–Trinajstić information content (AvgIpc) is 2.83. The number of hydrogen-bond donors (Lipinski definition) is 1. The van der Waals surface area contributed by atoms with Gasteiger partial charge in [-0.1, -0.05) is 6.08 Å². The number of hydrogen-bond acceptors (Lipinski definition) is 6. The Hall–Kier alpha value is -1.73. The molecule has 6 nitrogen and oxygen atoms in total. The molecule has 0 amide bonds. The van der Waals surface area contributed by atoms with E-state index in [1.165, 1.54) is 5.41 Å². The van der Waals surface area contributed by atoms with Gasteiger partial charge in [-0.3, -0.25) is 0 Å². The van der Waals surface area contributed by atoms with Gasteiger partial charge in [0, 0.05) is 18.0 Å². The van der Waals surface area contributed by atoms with Gasteiger partial charge in [-0.05, 0) is 17.7 Å². The normalized spacial score (nSPS) is 22.2. The first-order chi connectivity index (χ1) is 10.1. The first kappa shape index (κ1) is 14.2. The average molecular weight is 311 g/mol. The minimum atomic E-state index is -3.04. The summed E-state index contributed by atoms with van der Waals surface area (Å²) in [5.41, 5.74) is 0.953. The Morgan fingerprint density at radius 1 is 1.33 bits per heavy atom. The fraction of sp³-hybridized carbons (Fsp3) is 0.429. The van der Waals surface area contributed by atoms with Crippen molar-refractivity contribution in [3.8, 4) is 17.2 Å². The largest absolute Gasteiger partial charge is 0.493 e. The molecule has 1 N–H and O–H groups in total. The van der Waals surface area contributed by atoms with Crippen LogP contribution in [0.2, 0.25) is 0 Å². The second kappa shape index (κ2) is 5.57. The highest BCUT2D eigenvalue weighted by Gasteiger charge is 2.22. The zero-order valence-electron chi connectivity index (χ0n) is 11.7. The van der Waals surface area contributed by atoms with E-state index in [2.05, 4.69) is 5.32 Å². The molecule has 0 aliphatic carbocycles. The lowest BCUT2D eigenvalue weighted by molar-refractivity contribution is 0.165. The Balaban J connectivity index is 1.73. The number of fused-ring (bicyclic) bond motifs is 1. The summed E-state index contributed by atoms with van der Waals surface area (Å²) in [7, 11) is -1.46. The summed E-state index contributed by atoms with van der Waals surface area (Å²) in [6, 6.07) is 3.60. The maximum Gasteiger partial charge on any atom is 0.203 e. The third kappa shape index (κ3) is 3.14. The van der Waals surface area contributed by atoms with E-state index < -0.39 is 9.84 Å². The van der Waals surface area contributed by atoms with Gasteiger partial charge in [-0.25, -0.2) is 8.42 Å². The molecule has 3 rings (SSSR count). The molecule has 0 radical (unpaired) electrons. The summed E-state index contributed by atoms with van der Waals surface area (Å²) >= 11 is 0. The van der Waals surface area contributed by atoms with Gasteiger partial charge in [-0.2, -0.15) is 0 Å². The van der Waals surface area contributed by atoms with Gasteiger partial charge in [0.2, 0.25) is 5.75 Å². The van der Waals surface area contributed by atoms with Crippen molar-refractivity contribution in [3.63, 3.8) is 0 Å². The van der Waals surface area contributed by atoms with E-state index >= 15 is 0 Å². The van der Waals surface area contributed by atoms with Crippen molar-refractivity contribution in [2.75, 3.05) is 26.1 Å². The van der Waals surface area contributed by atoms with Crippen LogP contribution >= 0.6 is 0 Å². The zero-order chi connectivity index (χ0) is 14.9. The Bertz CT molecular complexity index is 651. The second-order valence-corrected chi connectivity index (χ2v) is 6.90. The molecule has 0 spiro atoms. The monoisotopic (exact) mass is 311 g/mol. The molecule has 2 aliphatic heterocycles. The van der Waals surface area contributed by atoms with Gasteiger partial charge in [0.25, 0.3) is 0 Å². The van der Waals surface area contributed by atoms with Crippen molar-refractivity contribution in [2.45, 2.75) is 12.6 Å². The number of rotatable bonds is 4. The minimum Gasteiger partial charge on any atom is -0.493 e. The van der Waals surface area contributed by atoms with Crippen LogP contribution in [0.25, 0.3) is 0 Å². The number of ether oxygens (including phenoxy) is 3. The molecule has 2 heterocycles. The lowest BCUT2D eigenvalue weighted by atomic mass is 10.1. The Labute approximate surface area is 123 Å². The third-order valence-corrected chi connectivity index (χ3v) is 4.78. The van der Waals surface area contributed by atoms with Gasteiger partial charge in [0.1, 0.15) is 13.2 Å². The summed E-state index contributed by atoms with van der Waals surface area (Å²) in [4.78, 5) is 0. The van der Waals surface area contributed by atoms with Crippen LogP contribution in [0.1, 0.15) is 5.56 Å². The van der Waals surface area contributed by atoms with Gasteiger partial charge in [0.15, 0.2) is 21.3 Å². The van der Waals surface area contributed by atoms with E-state index in [4.69, 9.17) is 14.2 Å². The lowest BCUT2D eigenvalue weighted by Gasteiger charge is -2.21. The van der Waals surface area contributed by atoms with Crippen LogP contribution in [0.4, 0.5) is 0 Å². The van der Waals surface area contributed by atoms with Crippen LogP contribution in [0, 0.1) is 0 Å². The van der Waals surface area contributed by atoms with E-state index in [-0.39, 0.29) is 11.8 Å². The Morgan fingerprint density at radius 2 is 2.14 bits per heavy atom. The van der Waals surface area contributed by atoms with Crippen LogP contribution in [-0.4, -0.2) is 40.5 Å². The summed E-state index contributed by atoms with van der Waals surface area (Å²) in [6.45, 7) is 1.54. The standard InChI is InChI=1S/C14H17NO5S/c1-18-12-6-10(7-13-14(12)20-4-3-19-13)8-15-11-2-5-21(16,17)9-11/h2,5-7,11,15H,3-4,8-9H2,1H3. The van der Waals surface area contributed by atoms with E-state index in [0.29, 0.717) is 37.0 Å². The molecule has 21 heavy (non-hydrogen) atoms. The van der Waals surface area contributed by atoms with Crippen molar-refractivity contribution in [1.82, 2.24) is 5.32 Å². The minimum absolute atomic E-state index is 0.106. The molecule has 0 saturated carbocycles. The van der Waals surface area contributed by atoms with Crippen LogP contribution in [0.15, 0.2) is 23.6 Å². The van der Waals surface area contributed by atoms with Crippen molar-refractivity contribution in [1.29, 1.82) is 0 Å². The first-order valence-corrected chi connectivity index (χ1v) is 8.40. The highest BCUT2D eigenvalue weighted by atomic mass is 32.2. The molecule has 1 aromatic carbocycles. The Morgan fingerprint density at radius 3 is 2.86 bits per heavy atom. The highest BCUT2D eigenvalue weighted by molar-refractivity contribution is 7.94.